The zero-order valence-corrected chi connectivity index (χ0v) is 26.6. The van der Waals surface area contributed by atoms with E-state index in [1.54, 1.807) is 24.3 Å². The number of tetrazole rings is 1. The second-order valence-electron chi connectivity index (χ2n) is 12.7. The SMILES string of the molecule is CC(C)(C)OC(=O)NC[C@H]1CC[C@H](C(=O)N(c2ccc(-c3nnn[nH]3)cc2)[C@@H](Cc2cccc(-c3cnc(O)nc3)c2)C(N)=O)CC1. The normalized spacial score (nSPS) is 17.0. The van der Waals surface area contributed by atoms with Crippen molar-refractivity contribution in [1.29, 1.82) is 0 Å². The van der Waals surface area contributed by atoms with Gasteiger partial charge in [0, 0.05) is 48.1 Å². The summed E-state index contributed by atoms with van der Waals surface area (Å²) >= 11 is 0. The number of hydrogen-bond donors (Lipinski definition) is 4. The van der Waals surface area contributed by atoms with Crippen molar-refractivity contribution in [3.05, 3.63) is 66.5 Å². The summed E-state index contributed by atoms with van der Waals surface area (Å²) in [5.74, 6) is -0.504. The highest BCUT2D eigenvalue weighted by Crippen LogP contribution is 2.33. The van der Waals surface area contributed by atoms with Gasteiger partial charge < -0.3 is 20.9 Å². The predicted molar refractivity (Wildman–Crippen MR) is 173 cm³/mol. The number of carbonyl (C=O) groups is 3. The highest BCUT2D eigenvalue weighted by Gasteiger charge is 2.36. The number of benzene rings is 2. The van der Waals surface area contributed by atoms with Gasteiger partial charge in [-0.25, -0.2) is 19.9 Å². The molecule has 2 aromatic heterocycles. The number of anilines is 1. The Balaban J connectivity index is 1.37. The third-order valence-corrected chi connectivity index (χ3v) is 8.10. The Bertz CT molecular complexity index is 1660. The molecule has 0 radical (unpaired) electrons. The largest absolute Gasteiger partial charge is 0.479 e. The van der Waals surface area contributed by atoms with Crippen molar-refractivity contribution >= 4 is 23.6 Å². The van der Waals surface area contributed by atoms with Crippen molar-refractivity contribution < 1.29 is 24.2 Å². The maximum Gasteiger partial charge on any atom is 0.407 e. The number of alkyl carbamates (subject to hydrolysis) is 1. The molecule has 3 amide bonds. The van der Waals surface area contributed by atoms with E-state index >= 15 is 0 Å². The molecule has 246 valence electrons. The number of hydrogen-bond acceptors (Lipinski definition) is 10. The van der Waals surface area contributed by atoms with Gasteiger partial charge in [-0.3, -0.25) is 14.5 Å². The van der Waals surface area contributed by atoms with Gasteiger partial charge in [0.05, 0.1) is 0 Å². The lowest BCUT2D eigenvalue weighted by atomic mass is 9.81. The van der Waals surface area contributed by atoms with E-state index in [-0.39, 0.29) is 30.2 Å². The number of nitrogens with two attached hydrogens (primary N) is 1. The van der Waals surface area contributed by atoms with Crippen LogP contribution < -0.4 is 16.0 Å². The minimum Gasteiger partial charge on any atom is -0.479 e. The van der Waals surface area contributed by atoms with Crippen LogP contribution in [0.5, 0.6) is 6.01 Å². The van der Waals surface area contributed by atoms with Crippen LogP contribution in [-0.4, -0.2) is 71.8 Å². The molecule has 47 heavy (non-hydrogen) atoms. The van der Waals surface area contributed by atoms with Gasteiger partial charge in [0.1, 0.15) is 11.6 Å². The Morgan fingerprint density at radius 3 is 2.34 bits per heavy atom. The smallest absolute Gasteiger partial charge is 0.407 e. The highest BCUT2D eigenvalue weighted by atomic mass is 16.6. The van der Waals surface area contributed by atoms with Gasteiger partial charge >= 0.3 is 12.1 Å². The van der Waals surface area contributed by atoms with Crippen molar-refractivity contribution in [1.82, 2.24) is 35.9 Å². The van der Waals surface area contributed by atoms with Crippen molar-refractivity contribution in [3.63, 3.8) is 0 Å². The monoisotopic (exact) mass is 641 g/mol. The third-order valence-electron chi connectivity index (χ3n) is 8.10. The number of carbonyl (C=O) groups excluding carboxylic acids is 3. The number of aromatic amines is 1. The van der Waals surface area contributed by atoms with Gasteiger partial charge in [0.2, 0.25) is 11.8 Å². The first-order valence-electron chi connectivity index (χ1n) is 15.5. The molecule has 1 aliphatic carbocycles. The molecule has 2 heterocycles. The number of nitrogens with zero attached hydrogens (tertiary/aromatic N) is 6. The molecule has 1 aliphatic rings. The molecule has 14 nitrogen and oxygen atoms in total. The summed E-state index contributed by atoms with van der Waals surface area (Å²) in [5, 5.41) is 26.3. The zero-order chi connectivity index (χ0) is 33.6. The van der Waals surface area contributed by atoms with Crippen molar-refractivity contribution in [2.45, 2.75) is 64.5 Å². The molecule has 2 aromatic carbocycles. The lowest BCUT2D eigenvalue weighted by Gasteiger charge is -2.36. The standard InChI is InChI=1S/C33H39N9O5/c1-33(2,3)47-32(46)37-17-20-7-9-23(10-8-20)30(44)42(26-13-11-22(12-14-26)29-38-40-41-39-29)27(28(34)43)16-21-5-4-6-24(15-21)25-18-35-31(45)36-19-25/h4-6,11-15,18-20,23,27H,7-10,16-17H2,1-3H3,(H2,34,43)(H,37,46)(H,35,36,45)(H,38,39,40,41)/t20-,23-,27-/m0/s1. The van der Waals surface area contributed by atoms with Crippen molar-refractivity contribution in [3.8, 4) is 28.5 Å². The third kappa shape index (κ3) is 8.66. The van der Waals surface area contributed by atoms with Crippen molar-refractivity contribution in [2.24, 2.45) is 17.6 Å². The van der Waals surface area contributed by atoms with Crippen LogP contribution in [0.1, 0.15) is 52.0 Å². The Morgan fingerprint density at radius 2 is 1.72 bits per heavy atom. The molecule has 5 rings (SSSR count). The first-order chi connectivity index (χ1) is 22.5. The van der Waals surface area contributed by atoms with Gasteiger partial charge in [-0.1, -0.05) is 24.3 Å². The van der Waals surface area contributed by atoms with E-state index in [4.69, 9.17) is 10.5 Å². The average Bonchev–Trinajstić information content (AvgIpc) is 3.59. The molecule has 1 saturated carbocycles. The van der Waals surface area contributed by atoms with Crippen LogP contribution in [0.15, 0.2) is 60.9 Å². The maximum absolute atomic E-state index is 14.3. The van der Waals surface area contributed by atoms with E-state index in [1.807, 2.05) is 45.0 Å². The summed E-state index contributed by atoms with van der Waals surface area (Å²) < 4.78 is 5.35. The fourth-order valence-electron chi connectivity index (χ4n) is 5.76. The molecule has 5 N–H and O–H groups in total. The van der Waals surface area contributed by atoms with Gasteiger partial charge in [-0.15, -0.1) is 5.10 Å². The van der Waals surface area contributed by atoms with Crippen LogP contribution in [-0.2, 0) is 20.7 Å². The Kier molecular flexibility index (Phi) is 10.1. The van der Waals surface area contributed by atoms with E-state index in [1.165, 1.54) is 17.3 Å². The van der Waals surface area contributed by atoms with Gasteiger partial charge in [-0.2, -0.15) is 0 Å². The summed E-state index contributed by atoms with van der Waals surface area (Å²) in [4.78, 5) is 48.9. The minimum atomic E-state index is -0.988. The number of H-pyrrole nitrogens is 1. The van der Waals surface area contributed by atoms with E-state index < -0.39 is 23.6 Å². The first-order valence-corrected chi connectivity index (χ1v) is 15.5. The predicted octanol–water partition coefficient (Wildman–Crippen LogP) is 3.79. The van der Waals surface area contributed by atoms with Crippen LogP contribution in [0.4, 0.5) is 10.5 Å². The fourth-order valence-corrected chi connectivity index (χ4v) is 5.76. The molecule has 4 aromatic rings. The Hall–Kier alpha value is -5.40. The topological polar surface area (TPSA) is 202 Å². The Morgan fingerprint density at radius 1 is 1.02 bits per heavy atom. The minimum absolute atomic E-state index is 0.163. The molecular formula is C33H39N9O5. The highest BCUT2D eigenvalue weighted by molar-refractivity contribution is 6.01. The summed E-state index contributed by atoms with van der Waals surface area (Å²) in [5.41, 5.74) is 8.93. The number of ether oxygens (including phenoxy) is 1. The van der Waals surface area contributed by atoms with Gasteiger partial charge in [0.25, 0.3) is 0 Å². The zero-order valence-electron chi connectivity index (χ0n) is 26.6. The lowest BCUT2D eigenvalue weighted by Crippen LogP contribution is -2.52. The number of aromatic nitrogens is 6. The molecule has 0 bridgehead atoms. The summed E-state index contributed by atoms with van der Waals surface area (Å²) in [6.45, 7) is 5.91. The number of aromatic hydroxyl groups is 1. The summed E-state index contributed by atoms with van der Waals surface area (Å²) in [6.07, 6.45) is 5.38. The van der Waals surface area contributed by atoms with Gasteiger partial charge in [0.15, 0.2) is 5.82 Å². The first kappa shape index (κ1) is 33.0. The molecule has 1 atom stereocenters. The van der Waals surface area contributed by atoms with Crippen molar-refractivity contribution in [2.75, 3.05) is 11.4 Å². The molecule has 14 heteroatoms. The molecule has 0 saturated heterocycles. The molecular weight excluding hydrogens is 602 g/mol. The van der Waals surface area contributed by atoms with Crippen LogP contribution in [0, 0.1) is 11.8 Å². The molecule has 0 unspecified atom stereocenters. The second-order valence-corrected chi connectivity index (χ2v) is 12.7. The maximum atomic E-state index is 14.3. The second kappa shape index (κ2) is 14.4. The molecule has 0 aliphatic heterocycles. The number of primary amides is 1. The quantitative estimate of drug-likeness (QED) is 0.197. The van der Waals surface area contributed by atoms with E-state index in [0.717, 1.165) is 24.0 Å². The van der Waals surface area contributed by atoms with E-state index in [0.29, 0.717) is 42.0 Å². The average molecular weight is 642 g/mol. The molecule has 0 spiro atoms. The van der Waals surface area contributed by atoms with Crippen LogP contribution in [0.3, 0.4) is 0 Å². The number of rotatable bonds is 10. The van der Waals surface area contributed by atoms with E-state index in [2.05, 4.69) is 35.9 Å². The number of nitrogens with one attached hydrogen (secondary N) is 2. The number of amides is 3. The lowest BCUT2D eigenvalue weighted by molar-refractivity contribution is -0.127. The van der Waals surface area contributed by atoms with Crippen LogP contribution in [0.2, 0.25) is 0 Å². The Labute approximate surface area is 272 Å². The van der Waals surface area contributed by atoms with Crippen LogP contribution in [0.25, 0.3) is 22.5 Å². The summed E-state index contributed by atoms with van der Waals surface area (Å²) in [6, 6.07) is 13.2. The van der Waals surface area contributed by atoms with Crippen LogP contribution >= 0.6 is 0 Å². The summed E-state index contributed by atoms with van der Waals surface area (Å²) in [7, 11) is 0. The van der Waals surface area contributed by atoms with Gasteiger partial charge in [-0.05, 0) is 98.2 Å². The van der Waals surface area contributed by atoms with E-state index in [9.17, 15) is 19.5 Å². The molecule has 1 fully saturated rings. The fraction of sp³-hybridized carbons (Fsp3) is 0.394.